The van der Waals surface area contributed by atoms with Crippen molar-refractivity contribution >= 4 is 24.4 Å². The number of carbonyl (C=O) groups is 2. The van der Waals surface area contributed by atoms with Crippen LogP contribution in [0.4, 0.5) is 0 Å². The lowest BCUT2D eigenvalue weighted by molar-refractivity contribution is -0.120. The number of nitrogens with one attached hydrogen (secondary N) is 1. The summed E-state index contributed by atoms with van der Waals surface area (Å²) in [4.78, 5) is 26.8. The second-order valence-electron chi connectivity index (χ2n) is 7.07. The van der Waals surface area contributed by atoms with E-state index in [0.717, 1.165) is 28.0 Å². The molecule has 0 unspecified atom stereocenters. The summed E-state index contributed by atoms with van der Waals surface area (Å²) in [5, 5.41) is 3.00. The molecule has 0 saturated carbocycles. The van der Waals surface area contributed by atoms with Crippen LogP contribution in [0.1, 0.15) is 28.8 Å². The number of nitrogens with zero attached hydrogens (tertiary/aromatic N) is 1. The van der Waals surface area contributed by atoms with Crippen molar-refractivity contribution in [3.8, 4) is 11.1 Å². The third-order valence-electron chi connectivity index (χ3n) is 5.18. The number of hydrogen-bond donors (Lipinski definition) is 2. The molecule has 0 bridgehead atoms. The Kier molecular flexibility index (Phi) is 3.84. The van der Waals surface area contributed by atoms with E-state index in [9.17, 15) is 9.59 Å². The van der Waals surface area contributed by atoms with Crippen LogP contribution in [0, 0.1) is 6.92 Å². The van der Waals surface area contributed by atoms with Gasteiger partial charge in [0.15, 0.2) is 0 Å². The molecule has 25 heavy (non-hydrogen) atoms. The molecule has 1 spiro atoms. The molecule has 2 saturated heterocycles. The van der Waals surface area contributed by atoms with Crippen LogP contribution in [0.3, 0.4) is 0 Å². The standard InChI is InChI=1S/C20H20N2O2S/c1-13-2-3-16(10-17(13)25)14-4-6-15(7-5-14)19(24)22-11-20(12-22)9-8-18(23)21-20/h2-7,10,25H,8-9,11-12H2,1H3,(H,21,23). The molecule has 2 aromatic carbocycles. The highest BCUT2D eigenvalue weighted by atomic mass is 32.1. The fourth-order valence-electron chi connectivity index (χ4n) is 3.62. The van der Waals surface area contributed by atoms with Crippen molar-refractivity contribution in [1.82, 2.24) is 10.2 Å². The van der Waals surface area contributed by atoms with Gasteiger partial charge in [-0.1, -0.05) is 24.3 Å². The number of carbonyl (C=O) groups excluding carboxylic acids is 2. The van der Waals surface area contributed by atoms with Gasteiger partial charge in [0.05, 0.1) is 5.54 Å². The Morgan fingerprint density at radius 2 is 1.80 bits per heavy atom. The summed E-state index contributed by atoms with van der Waals surface area (Å²) in [5.41, 5.74) is 3.81. The first-order valence-electron chi connectivity index (χ1n) is 8.46. The summed E-state index contributed by atoms with van der Waals surface area (Å²) in [5.74, 6) is 0.121. The van der Waals surface area contributed by atoms with E-state index in [1.807, 2.05) is 43.3 Å². The Bertz CT molecular complexity index is 854. The topological polar surface area (TPSA) is 49.4 Å². The summed E-state index contributed by atoms with van der Waals surface area (Å²) in [7, 11) is 0. The molecule has 2 aliphatic rings. The average molecular weight is 352 g/mol. The van der Waals surface area contributed by atoms with Crippen molar-refractivity contribution in [1.29, 1.82) is 0 Å². The van der Waals surface area contributed by atoms with Crippen LogP contribution in [0.5, 0.6) is 0 Å². The number of rotatable bonds is 2. The van der Waals surface area contributed by atoms with Crippen LogP contribution in [0.2, 0.25) is 0 Å². The normalized spacial score (nSPS) is 18.2. The molecular formula is C20H20N2O2S. The third kappa shape index (κ3) is 2.93. The molecule has 2 fully saturated rings. The van der Waals surface area contributed by atoms with Crippen molar-refractivity contribution in [2.45, 2.75) is 30.2 Å². The average Bonchev–Trinajstić information content (AvgIpc) is 2.98. The predicted molar refractivity (Wildman–Crippen MR) is 99.9 cm³/mol. The first-order valence-corrected chi connectivity index (χ1v) is 8.91. The molecule has 0 radical (unpaired) electrons. The first kappa shape index (κ1) is 16.2. The summed E-state index contributed by atoms with van der Waals surface area (Å²) >= 11 is 4.47. The highest BCUT2D eigenvalue weighted by Crippen LogP contribution is 2.32. The van der Waals surface area contributed by atoms with Gasteiger partial charge in [0.1, 0.15) is 0 Å². The van der Waals surface area contributed by atoms with Crippen molar-refractivity contribution in [3.05, 3.63) is 53.6 Å². The Morgan fingerprint density at radius 1 is 1.12 bits per heavy atom. The van der Waals surface area contributed by atoms with Crippen LogP contribution in [0.25, 0.3) is 11.1 Å². The van der Waals surface area contributed by atoms with E-state index < -0.39 is 0 Å². The van der Waals surface area contributed by atoms with Crippen LogP contribution >= 0.6 is 12.6 Å². The highest BCUT2D eigenvalue weighted by molar-refractivity contribution is 7.80. The lowest BCUT2D eigenvalue weighted by Gasteiger charge is -2.47. The third-order valence-corrected chi connectivity index (χ3v) is 5.67. The molecule has 4 nitrogen and oxygen atoms in total. The second kappa shape index (κ2) is 5.92. The van der Waals surface area contributed by atoms with E-state index >= 15 is 0 Å². The molecule has 2 amide bonds. The lowest BCUT2D eigenvalue weighted by Crippen LogP contribution is -2.68. The maximum atomic E-state index is 12.6. The zero-order chi connectivity index (χ0) is 17.6. The molecule has 2 heterocycles. The summed E-state index contributed by atoms with van der Waals surface area (Å²) < 4.78 is 0. The van der Waals surface area contributed by atoms with Gasteiger partial charge in [-0.3, -0.25) is 9.59 Å². The molecule has 0 atom stereocenters. The number of benzene rings is 2. The fraction of sp³-hybridized carbons (Fsp3) is 0.300. The van der Waals surface area contributed by atoms with Gasteiger partial charge in [-0.05, 0) is 48.2 Å². The van der Waals surface area contributed by atoms with E-state index in [0.29, 0.717) is 25.1 Å². The quantitative estimate of drug-likeness (QED) is 0.816. The predicted octanol–water partition coefficient (Wildman–Crippen LogP) is 3.06. The highest BCUT2D eigenvalue weighted by Gasteiger charge is 2.49. The molecule has 128 valence electrons. The van der Waals surface area contributed by atoms with Crippen LogP contribution in [0.15, 0.2) is 47.4 Å². The van der Waals surface area contributed by atoms with Gasteiger partial charge >= 0.3 is 0 Å². The van der Waals surface area contributed by atoms with Gasteiger partial charge in [0, 0.05) is 30.0 Å². The minimum atomic E-state index is -0.169. The van der Waals surface area contributed by atoms with Gasteiger partial charge in [-0.15, -0.1) is 12.6 Å². The molecule has 5 heteroatoms. The van der Waals surface area contributed by atoms with Crippen LogP contribution < -0.4 is 5.32 Å². The summed E-state index contributed by atoms with van der Waals surface area (Å²) in [6, 6.07) is 13.8. The molecule has 0 aromatic heterocycles. The van der Waals surface area contributed by atoms with E-state index in [4.69, 9.17) is 0 Å². The second-order valence-corrected chi connectivity index (χ2v) is 7.55. The van der Waals surface area contributed by atoms with Crippen LogP contribution in [-0.4, -0.2) is 35.3 Å². The van der Waals surface area contributed by atoms with E-state index in [1.54, 1.807) is 4.90 Å². The maximum absolute atomic E-state index is 12.6. The minimum Gasteiger partial charge on any atom is -0.347 e. The van der Waals surface area contributed by atoms with Gasteiger partial charge in [0.25, 0.3) is 5.91 Å². The lowest BCUT2D eigenvalue weighted by atomic mass is 9.87. The maximum Gasteiger partial charge on any atom is 0.254 e. The number of amides is 2. The molecule has 4 rings (SSSR count). The van der Waals surface area contributed by atoms with Crippen molar-refractivity contribution in [2.24, 2.45) is 0 Å². The molecule has 2 aliphatic heterocycles. The van der Waals surface area contributed by atoms with Gasteiger partial charge in [-0.2, -0.15) is 0 Å². The molecular weight excluding hydrogens is 332 g/mol. The van der Waals surface area contributed by atoms with Crippen LogP contribution in [-0.2, 0) is 4.79 Å². The molecule has 0 aliphatic carbocycles. The number of thiol groups is 1. The van der Waals surface area contributed by atoms with E-state index in [-0.39, 0.29) is 17.4 Å². The summed E-state index contributed by atoms with van der Waals surface area (Å²) in [6.07, 6.45) is 1.40. The largest absolute Gasteiger partial charge is 0.347 e. The van der Waals surface area contributed by atoms with Gasteiger partial charge < -0.3 is 10.2 Å². The molecule has 2 aromatic rings. The molecule has 1 N–H and O–H groups in total. The minimum absolute atomic E-state index is 0.0251. The van der Waals surface area contributed by atoms with Crippen molar-refractivity contribution in [2.75, 3.05) is 13.1 Å². The first-order chi connectivity index (χ1) is 12.0. The smallest absolute Gasteiger partial charge is 0.254 e. The van der Waals surface area contributed by atoms with Crippen molar-refractivity contribution in [3.63, 3.8) is 0 Å². The number of hydrogen-bond acceptors (Lipinski definition) is 3. The van der Waals surface area contributed by atoms with E-state index in [2.05, 4.69) is 24.0 Å². The van der Waals surface area contributed by atoms with Gasteiger partial charge in [0.2, 0.25) is 5.91 Å². The Balaban J connectivity index is 1.46. The SMILES string of the molecule is Cc1ccc(-c2ccc(C(=O)N3CC4(CCC(=O)N4)C3)cc2)cc1S. The fourth-order valence-corrected chi connectivity index (χ4v) is 3.83. The Hall–Kier alpha value is -2.27. The zero-order valence-corrected chi connectivity index (χ0v) is 15.0. The number of aryl methyl sites for hydroxylation is 1. The zero-order valence-electron chi connectivity index (χ0n) is 14.1. The monoisotopic (exact) mass is 352 g/mol. The van der Waals surface area contributed by atoms with E-state index in [1.165, 1.54) is 0 Å². The van der Waals surface area contributed by atoms with Gasteiger partial charge in [-0.25, -0.2) is 0 Å². The van der Waals surface area contributed by atoms with Crippen molar-refractivity contribution < 1.29 is 9.59 Å². The summed E-state index contributed by atoms with van der Waals surface area (Å²) in [6.45, 7) is 3.25. The Morgan fingerprint density at radius 3 is 2.40 bits per heavy atom. The Labute approximate surface area is 152 Å². The number of likely N-dealkylation sites (tertiary alicyclic amines) is 1.